The molecule has 4 nitrogen and oxygen atoms in total. The van der Waals surface area contributed by atoms with Gasteiger partial charge in [0.2, 0.25) is 0 Å². The number of rotatable bonds is 10. The van der Waals surface area contributed by atoms with E-state index in [1.165, 1.54) is 25.7 Å². The number of carbonyl (C=O) groups excluding carboxylic acids is 1. The van der Waals surface area contributed by atoms with Gasteiger partial charge in [-0.1, -0.05) is 26.2 Å². The zero-order chi connectivity index (χ0) is 16.3. The SMILES string of the molecule is CCCCCC(C)NCCCN(CC)C(=O)OC(C)(C)C. The van der Waals surface area contributed by atoms with Gasteiger partial charge in [-0.2, -0.15) is 0 Å². The lowest BCUT2D eigenvalue weighted by molar-refractivity contribution is 0.0258. The molecule has 0 fully saturated rings. The molecule has 1 N–H and O–H groups in total. The summed E-state index contributed by atoms with van der Waals surface area (Å²) in [4.78, 5) is 13.7. The molecule has 0 aliphatic carbocycles. The molecular formula is C17H36N2O2. The molecule has 0 rings (SSSR count). The van der Waals surface area contributed by atoms with Crippen LogP contribution in [0.15, 0.2) is 0 Å². The van der Waals surface area contributed by atoms with Gasteiger partial charge >= 0.3 is 6.09 Å². The monoisotopic (exact) mass is 300 g/mol. The number of carbonyl (C=O) groups is 1. The maximum Gasteiger partial charge on any atom is 0.410 e. The Balaban J connectivity index is 3.84. The summed E-state index contributed by atoms with van der Waals surface area (Å²) in [5.74, 6) is 0. The average molecular weight is 300 g/mol. The van der Waals surface area contributed by atoms with Gasteiger partial charge in [0.05, 0.1) is 0 Å². The van der Waals surface area contributed by atoms with Crippen LogP contribution in [-0.4, -0.2) is 42.3 Å². The maximum atomic E-state index is 12.0. The standard InChI is InChI=1S/C17H36N2O2/c1-7-9-10-12-15(3)18-13-11-14-19(8-2)16(20)21-17(4,5)6/h15,18H,7-14H2,1-6H3. The van der Waals surface area contributed by atoms with Crippen LogP contribution in [0.2, 0.25) is 0 Å². The van der Waals surface area contributed by atoms with Gasteiger partial charge in [0.15, 0.2) is 0 Å². The van der Waals surface area contributed by atoms with Gasteiger partial charge in [-0.25, -0.2) is 4.79 Å². The van der Waals surface area contributed by atoms with E-state index in [1.54, 1.807) is 4.90 Å². The molecule has 0 saturated heterocycles. The van der Waals surface area contributed by atoms with Crippen LogP contribution in [0.3, 0.4) is 0 Å². The second-order valence-corrected chi connectivity index (χ2v) is 6.76. The van der Waals surface area contributed by atoms with E-state index in [9.17, 15) is 4.79 Å². The van der Waals surface area contributed by atoms with E-state index in [0.717, 1.165) is 19.5 Å². The first-order valence-corrected chi connectivity index (χ1v) is 8.51. The highest BCUT2D eigenvalue weighted by Gasteiger charge is 2.20. The van der Waals surface area contributed by atoms with Crippen LogP contribution in [0.5, 0.6) is 0 Å². The number of unbranched alkanes of at least 4 members (excludes halogenated alkanes) is 2. The Kier molecular flexibility index (Phi) is 10.5. The normalized spacial score (nSPS) is 13.0. The number of ether oxygens (including phenoxy) is 1. The first-order chi connectivity index (χ1) is 9.80. The van der Waals surface area contributed by atoms with Crippen molar-refractivity contribution in [2.24, 2.45) is 0 Å². The molecule has 0 spiro atoms. The highest BCUT2D eigenvalue weighted by atomic mass is 16.6. The molecule has 126 valence electrons. The van der Waals surface area contributed by atoms with Gasteiger partial charge in [-0.3, -0.25) is 0 Å². The van der Waals surface area contributed by atoms with Crippen molar-refractivity contribution >= 4 is 6.09 Å². The zero-order valence-electron chi connectivity index (χ0n) is 15.0. The number of hydrogen-bond acceptors (Lipinski definition) is 3. The van der Waals surface area contributed by atoms with Gasteiger partial charge in [0, 0.05) is 19.1 Å². The summed E-state index contributed by atoms with van der Waals surface area (Å²) in [5, 5.41) is 3.53. The van der Waals surface area contributed by atoms with Crippen LogP contribution in [0.4, 0.5) is 4.79 Å². The molecule has 1 amide bonds. The smallest absolute Gasteiger partial charge is 0.410 e. The second kappa shape index (κ2) is 10.9. The third-order valence-electron chi connectivity index (χ3n) is 3.37. The van der Waals surface area contributed by atoms with Crippen molar-refractivity contribution in [1.29, 1.82) is 0 Å². The van der Waals surface area contributed by atoms with Gasteiger partial charge in [-0.15, -0.1) is 0 Å². The molecule has 0 radical (unpaired) electrons. The lowest BCUT2D eigenvalue weighted by atomic mass is 10.1. The summed E-state index contributed by atoms with van der Waals surface area (Å²) in [5.41, 5.74) is -0.420. The maximum absolute atomic E-state index is 12.0. The second-order valence-electron chi connectivity index (χ2n) is 6.76. The predicted octanol–water partition coefficient (Wildman–Crippen LogP) is 4.19. The first kappa shape index (κ1) is 20.2. The Morgan fingerprint density at radius 1 is 1.19 bits per heavy atom. The number of nitrogens with one attached hydrogen (secondary N) is 1. The Labute approximate surface area is 131 Å². The summed E-state index contributed by atoms with van der Waals surface area (Å²) in [6.45, 7) is 14.6. The van der Waals surface area contributed by atoms with Crippen molar-refractivity contribution in [3.05, 3.63) is 0 Å². The van der Waals surface area contributed by atoms with E-state index in [-0.39, 0.29) is 6.09 Å². The van der Waals surface area contributed by atoms with E-state index >= 15 is 0 Å². The Morgan fingerprint density at radius 2 is 1.86 bits per heavy atom. The van der Waals surface area contributed by atoms with E-state index in [4.69, 9.17) is 4.74 Å². The van der Waals surface area contributed by atoms with Crippen LogP contribution >= 0.6 is 0 Å². The molecule has 1 atom stereocenters. The van der Waals surface area contributed by atoms with Crippen molar-refractivity contribution in [3.63, 3.8) is 0 Å². The molecule has 21 heavy (non-hydrogen) atoms. The van der Waals surface area contributed by atoms with Crippen LogP contribution in [0.1, 0.15) is 73.6 Å². The molecule has 0 aliphatic rings. The van der Waals surface area contributed by atoms with Crippen LogP contribution in [-0.2, 0) is 4.74 Å². The third kappa shape index (κ3) is 11.6. The highest BCUT2D eigenvalue weighted by molar-refractivity contribution is 5.68. The molecular weight excluding hydrogens is 264 g/mol. The van der Waals surface area contributed by atoms with E-state index in [2.05, 4.69) is 19.2 Å². The molecule has 1 unspecified atom stereocenters. The Bertz CT molecular complexity index is 274. The minimum Gasteiger partial charge on any atom is -0.444 e. The fourth-order valence-electron chi connectivity index (χ4n) is 2.13. The predicted molar refractivity (Wildman–Crippen MR) is 89.7 cm³/mol. The van der Waals surface area contributed by atoms with Crippen LogP contribution < -0.4 is 5.32 Å². The van der Waals surface area contributed by atoms with Gasteiger partial charge in [-0.05, 0) is 54.0 Å². The minimum atomic E-state index is -0.420. The van der Waals surface area contributed by atoms with Gasteiger partial charge in [0.1, 0.15) is 5.60 Å². The summed E-state index contributed by atoms with van der Waals surface area (Å²) < 4.78 is 5.40. The molecule has 0 aromatic rings. The largest absolute Gasteiger partial charge is 0.444 e. The topological polar surface area (TPSA) is 41.6 Å². The fraction of sp³-hybridized carbons (Fsp3) is 0.941. The van der Waals surface area contributed by atoms with Crippen LogP contribution in [0, 0.1) is 0 Å². The zero-order valence-corrected chi connectivity index (χ0v) is 15.0. The van der Waals surface area contributed by atoms with Crippen molar-refractivity contribution in [2.75, 3.05) is 19.6 Å². The Hall–Kier alpha value is -0.770. The molecule has 0 heterocycles. The number of amides is 1. The van der Waals surface area contributed by atoms with Crippen molar-refractivity contribution in [3.8, 4) is 0 Å². The summed E-state index contributed by atoms with van der Waals surface area (Å²) in [6, 6.07) is 0.563. The fourth-order valence-corrected chi connectivity index (χ4v) is 2.13. The highest BCUT2D eigenvalue weighted by Crippen LogP contribution is 2.10. The van der Waals surface area contributed by atoms with Crippen LogP contribution in [0.25, 0.3) is 0 Å². The number of nitrogens with zero attached hydrogens (tertiary/aromatic N) is 1. The van der Waals surface area contributed by atoms with Gasteiger partial charge in [0.25, 0.3) is 0 Å². The van der Waals surface area contributed by atoms with E-state index in [1.807, 2.05) is 27.7 Å². The Morgan fingerprint density at radius 3 is 2.38 bits per heavy atom. The third-order valence-corrected chi connectivity index (χ3v) is 3.37. The summed E-state index contributed by atoms with van der Waals surface area (Å²) in [6.07, 6.45) is 5.87. The molecule has 0 aliphatic heterocycles. The lowest BCUT2D eigenvalue weighted by Crippen LogP contribution is -2.38. The van der Waals surface area contributed by atoms with Gasteiger partial charge < -0.3 is 15.0 Å². The minimum absolute atomic E-state index is 0.207. The average Bonchev–Trinajstić information content (AvgIpc) is 2.37. The summed E-state index contributed by atoms with van der Waals surface area (Å²) in [7, 11) is 0. The van der Waals surface area contributed by atoms with E-state index < -0.39 is 5.60 Å². The molecule has 0 bridgehead atoms. The molecule has 0 aromatic carbocycles. The lowest BCUT2D eigenvalue weighted by Gasteiger charge is -2.26. The molecule has 0 aromatic heterocycles. The molecule has 4 heteroatoms. The number of hydrogen-bond donors (Lipinski definition) is 1. The van der Waals surface area contributed by atoms with E-state index in [0.29, 0.717) is 12.6 Å². The van der Waals surface area contributed by atoms with Crippen molar-refractivity contribution in [1.82, 2.24) is 10.2 Å². The quantitative estimate of drug-likeness (QED) is 0.615. The summed E-state index contributed by atoms with van der Waals surface area (Å²) >= 11 is 0. The molecule has 0 saturated carbocycles. The first-order valence-electron chi connectivity index (χ1n) is 8.51. The van der Waals surface area contributed by atoms with Crippen molar-refractivity contribution < 1.29 is 9.53 Å². The van der Waals surface area contributed by atoms with Crippen molar-refractivity contribution in [2.45, 2.75) is 85.3 Å².